The van der Waals surface area contributed by atoms with Crippen molar-refractivity contribution in [2.45, 2.75) is 11.3 Å². The fraction of sp³-hybridized carbons (Fsp3) is 0.385. The molecular weight excluding hydrogens is 250 g/mol. The molecule has 1 aliphatic rings. The van der Waals surface area contributed by atoms with E-state index in [0.29, 0.717) is 6.42 Å². The standard InChI is InChI=1S/C13H15NO3S/c1-14(8-4-3-5-9(6-8)18-2)12(15)10-7-11(10)13(16)17/h3-6,10-11H,7H2,1-2H3,(H,16,17). The molecule has 2 atom stereocenters. The van der Waals surface area contributed by atoms with Crippen LogP contribution in [0, 0.1) is 11.8 Å². The lowest BCUT2D eigenvalue weighted by Gasteiger charge is -2.17. The maximum atomic E-state index is 12.1. The number of carboxylic acids is 1. The van der Waals surface area contributed by atoms with Gasteiger partial charge in [0.05, 0.1) is 11.8 Å². The Labute approximate surface area is 110 Å². The molecule has 96 valence electrons. The van der Waals surface area contributed by atoms with E-state index < -0.39 is 11.9 Å². The molecule has 0 radical (unpaired) electrons. The fourth-order valence-corrected chi connectivity index (χ4v) is 2.39. The molecule has 1 aromatic carbocycles. The summed E-state index contributed by atoms with van der Waals surface area (Å²) in [5.74, 6) is -1.84. The molecule has 4 nitrogen and oxygen atoms in total. The highest BCUT2D eigenvalue weighted by Crippen LogP contribution is 2.40. The Morgan fingerprint density at radius 1 is 1.39 bits per heavy atom. The van der Waals surface area contributed by atoms with Gasteiger partial charge in [-0.1, -0.05) is 6.07 Å². The normalized spacial score (nSPS) is 21.4. The lowest BCUT2D eigenvalue weighted by molar-refractivity contribution is -0.139. The van der Waals surface area contributed by atoms with Crippen molar-refractivity contribution in [1.29, 1.82) is 0 Å². The molecule has 2 unspecified atom stereocenters. The lowest BCUT2D eigenvalue weighted by atomic mass is 10.2. The molecule has 0 aliphatic heterocycles. The van der Waals surface area contributed by atoms with E-state index in [-0.39, 0.29) is 11.8 Å². The number of benzene rings is 1. The van der Waals surface area contributed by atoms with E-state index >= 15 is 0 Å². The van der Waals surface area contributed by atoms with E-state index in [1.54, 1.807) is 23.7 Å². The highest BCUT2D eigenvalue weighted by atomic mass is 32.2. The quantitative estimate of drug-likeness (QED) is 0.847. The van der Waals surface area contributed by atoms with Crippen molar-refractivity contribution >= 4 is 29.3 Å². The Balaban J connectivity index is 2.09. The first-order valence-electron chi connectivity index (χ1n) is 5.69. The molecule has 0 bridgehead atoms. The number of aliphatic carboxylic acids is 1. The topological polar surface area (TPSA) is 57.6 Å². The first-order chi connectivity index (χ1) is 8.54. The van der Waals surface area contributed by atoms with Gasteiger partial charge in [0, 0.05) is 17.6 Å². The number of carbonyl (C=O) groups excluding carboxylic acids is 1. The van der Waals surface area contributed by atoms with Gasteiger partial charge in [0.2, 0.25) is 5.91 Å². The van der Waals surface area contributed by atoms with Crippen molar-refractivity contribution in [2.24, 2.45) is 11.8 Å². The maximum absolute atomic E-state index is 12.1. The lowest BCUT2D eigenvalue weighted by Crippen LogP contribution is -2.29. The summed E-state index contributed by atoms with van der Waals surface area (Å²) in [6.45, 7) is 0. The van der Waals surface area contributed by atoms with E-state index in [9.17, 15) is 9.59 Å². The van der Waals surface area contributed by atoms with Gasteiger partial charge in [0.25, 0.3) is 0 Å². The minimum absolute atomic E-state index is 0.111. The molecule has 1 saturated carbocycles. The second-order valence-electron chi connectivity index (χ2n) is 4.39. The van der Waals surface area contributed by atoms with Gasteiger partial charge >= 0.3 is 5.97 Å². The number of amides is 1. The number of carbonyl (C=O) groups is 2. The minimum Gasteiger partial charge on any atom is -0.481 e. The molecule has 1 aromatic rings. The van der Waals surface area contributed by atoms with Crippen LogP contribution in [0.15, 0.2) is 29.2 Å². The van der Waals surface area contributed by atoms with Crippen LogP contribution in [0.4, 0.5) is 5.69 Å². The Morgan fingerprint density at radius 3 is 2.67 bits per heavy atom. The van der Waals surface area contributed by atoms with Crippen molar-refractivity contribution in [1.82, 2.24) is 0 Å². The van der Waals surface area contributed by atoms with Crippen LogP contribution >= 0.6 is 11.8 Å². The Kier molecular flexibility index (Phi) is 3.61. The third kappa shape index (κ3) is 2.51. The zero-order chi connectivity index (χ0) is 13.3. The van der Waals surface area contributed by atoms with Crippen LogP contribution in [0.1, 0.15) is 6.42 Å². The summed E-state index contributed by atoms with van der Waals surface area (Å²) in [6, 6.07) is 7.66. The van der Waals surface area contributed by atoms with E-state index in [4.69, 9.17) is 5.11 Å². The van der Waals surface area contributed by atoms with Gasteiger partial charge in [-0.25, -0.2) is 0 Å². The van der Waals surface area contributed by atoms with Gasteiger partial charge in [-0.2, -0.15) is 0 Å². The predicted octanol–water partition coefficient (Wildman–Crippen LogP) is 2.09. The number of hydrogen-bond donors (Lipinski definition) is 1. The average molecular weight is 265 g/mol. The summed E-state index contributed by atoms with van der Waals surface area (Å²) >= 11 is 1.61. The van der Waals surface area contributed by atoms with Crippen molar-refractivity contribution in [3.8, 4) is 0 Å². The molecule has 5 heteroatoms. The summed E-state index contributed by atoms with van der Waals surface area (Å²) in [6.07, 6.45) is 2.43. The number of nitrogens with zero attached hydrogens (tertiary/aromatic N) is 1. The molecule has 1 amide bonds. The van der Waals surface area contributed by atoms with E-state index in [1.807, 2.05) is 30.5 Å². The SMILES string of the molecule is CSc1cccc(N(C)C(=O)C2CC2C(=O)O)c1. The van der Waals surface area contributed by atoms with Gasteiger partial charge in [-0.15, -0.1) is 11.8 Å². The highest BCUT2D eigenvalue weighted by Gasteiger charge is 2.49. The van der Waals surface area contributed by atoms with Gasteiger partial charge in [-0.3, -0.25) is 9.59 Å². The van der Waals surface area contributed by atoms with Crippen LogP contribution < -0.4 is 4.90 Å². The molecule has 1 fully saturated rings. The third-order valence-electron chi connectivity index (χ3n) is 3.20. The third-order valence-corrected chi connectivity index (χ3v) is 3.92. The molecule has 2 rings (SSSR count). The summed E-state index contributed by atoms with van der Waals surface area (Å²) in [4.78, 5) is 25.5. The summed E-state index contributed by atoms with van der Waals surface area (Å²) in [5.41, 5.74) is 0.808. The van der Waals surface area contributed by atoms with Gasteiger partial charge in [0.15, 0.2) is 0 Å². The summed E-state index contributed by atoms with van der Waals surface area (Å²) < 4.78 is 0. The van der Waals surface area contributed by atoms with Gasteiger partial charge in [0.1, 0.15) is 0 Å². The van der Waals surface area contributed by atoms with Crippen molar-refractivity contribution in [2.75, 3.05) is 18.2 Å². The first kappa shape index (κ1) is 13.0. The van der Waals surface area contributed by atoms with Crippen LogP contribution in [-0.4, -0.2) is 30.3 Å². The fourth-order valence-electron chi connectivity index (χ4n) is 1.94. The first-order valence-corrected chi connectivity index (χ1v) is 6.91. The summed E-state index contributed by atoms with van der Waals surface area (Å²) in [5, 5.41) is 8.83. The molecule has 18 heavy (non-hydrogen) atoms. The Morgan fingerprint density at radius 2 is 2.11 bits per heavy atom. The van der Waals surface area contributed by atoms with E-state index in [0.717, 1.165) is 10.6 Å². The molecule has 0 saturated heterocycles. The molecule has 0 aromatic heterocycles. The molecule has 0 heterocycles. The van der Waals surface area contributed by atoms with Crippen LogP contribution in [-0.2, 0) is 9.59 Å². The zero-order valence-electron chi connectivity index (χ0n) is 10.3. The van der Waals surface area contributed by atoms with E-state index in [1.165, 1.54) is 0 Å². The molecule has 1 N–H and O–H groups in total. The largest absolute Gasteiger partial charge is 0.481 e. The number of carboxylic acid groups (broad SMARTS) is 1. The molecule has 0 spiro atoms. The smallest absolute Gasteiger partial charge is 0.307 e. The maximum Gasteiger partial charge on any atom is 0.307 e. The monoisotopic (exact) mass is 265 g/mol. The van der Waals surface area contributed by atoms with Crippen molar-refractivity contribution in [3.63, 3.8) is 0 Å². The second kappa shape index (κ2) is 5.02. The highest BCUT2D eigenvalue weighted by molar-refractivity contribution is 7.98. The Hall–Kier alpha value is -1.49. The van der Waals surface area contributed by atoms with Crippen LogP contribution in [0.2, 0.25) is 0 Å². The van der Waals surface area contributed by atoms with Crippen LogP contribution in [0.5, 0.6) is 0 Å². The van der Waals surface area contributed by atoms with Crippen LogP contribution in [0.3, 0.4) is 0 Å². The number of thioether (sulfide) groups is 1. The van der Waals surface area contributed by atoms with Gasteiger partial charge < -0.3 is 10.0 Å². The van der Waals surface area contributed by atoms with Crippen molar-refractivity contribution in [3.05, 3.63) is 24.3 Å². The zero-order valence-corrected chi connectivity index (χ0v) is 11.1. The number of hydrogen-bond acceptors (Lipinski definition) is 3. The Bertz CT molecular complexity index is 489. The van der Waals surface area contributed by atoms with Gasteiger partial charge in [-0.05, 0) is 30.9 Å². The number of anilines is 1. The predicted molar refractivity (Wildman–Crippen MR) is 70.9 cm³/mol. The summed E-state index contributed by atoms with van der Waals surface area (Å²) in [7, 11) is 1.69. The van der Waals surface area contributed by atoms with Crippen LogP contribution in [0.25, 0.3) is 0 Å². The molecular formula is C13H15NO3S. The van der Waals surface area contributed by atoms with Crippen molar-refractivity contribution < 1.29 is 14.7 Å². The minimum atomic E-state index is -0.875. The average Bonchev–Trinajstić information content (AvgIpc) is 3.17. The number of rotatable bonds is 4. The second-order valence-corrected chi connectivity index (χ2v) is 5.27. The molecule has 1 aliphatic carbocycles. The van der Waals surface area contributed by atoms with E-state index in [2.05, 4.69) is 0 Å².